The number of carbonyl (C=O) groups excluding carboxylic acids is 1. The second-order valence-electron chi connectivity index (χ2n) is 7.69. The molecule has 0 radical (unpaired) electrons. The number of carbonyl (C=O) groups is 2. The molecule has 5 heteroatoms. The Kier molecular flexibility index (Phi) is 7.80. The van der Waals surface area contributed by atoms with Gasteiger partial charge in [-0.3, -0.25) is 4.79 Å². The molecule has 1 fully saturated rings. The van der Waals surface area contributed by atoms with Crippen LogP contribution in [0.1, 0.15) is 37.3 Å². The highest BCUT2D eigenvalue weighted by Crippen LogP contribution is 2.25. The highest BCUT2D eigenvalue weighted by atomic mass is 16.4. The van der Waals surface area contributed by atoms with Crippen LogP contribution >= 0.6 is 0 Å². The van der Waals surface area contributed by atoms with Gasteiger partial charge >= 0.3 is 5.97 Å². The van der Waals surface area contributed by atoms with Crippen LogP contribution in [0, 0.1) is 0 Å². The maximum atomic E-state index is 12.7. The summed E-state index contributed by atoms with van der Waals surface area (Å²) in [7, 11) is 0. The average Bonchev–Trinajstić information content (AvgIpc) is 2.78. The quantitative estimate of drug-likeness (QED) is 0.667. The molecule has 0 aliphatic carbocycles. The van der Waals surface area contributed by atoms with Gasteiger partial charge in [-0.25, -0.2) is 4.79 Å². The summed E-state index contributed by atoms with van der Waals surface area (Å²) in [6, 6.07) is 18.3. The third kappa shape index (κ3) is 6.04. The van der Waals surface area contributed by atoms with Crippen LogP contribution in [0.3, 0.4) is 0 Å². The van der Waals surface area contributed by atoms with Gasteiger partial charge in [0.15, 0.2) is 0 Å². The van der Waals surface area contributed by atoms with Crippen molar-refractivity contribution in [3.05, 3.63) is 71.8 Å². The summed E-state index contributed by atoms with van der Waals surface area (Å²) in [6.07, 6.45) is 6.12. The Morgan fingerprint density at radius 2 is 1.73 bits per heavy atom. The second kappa shape index (κ2) is 10.7. The minimum atomic E-state index is -0.971. The van der Waals surface area contributed by atoms with Gasteiger partial charge in [-0.05, 0) is 48.6 Å². The van der Waals surface area contributed by atoms with Crippen molar-refractivity contribution in [1.29, 1.82) is 0 Å². The first kappa shape index (κ1) is 21.8. The van der Waals surface area contributed by atoms with Crippen molar-refractivity contribution in [1.82, 2.24) is 4.90 Å². The highest BCUT2D eigenvalue weighted by molar-refractivity contribution is 5.94. The normalized spacial score (nSPS) is 15.4. The van der Waals surface area contributed by atoms with Crippen LogP contribution in [-0.2, 0) is 16.0 Å². The van der Waals surface area contributed by atoms with E-state index in [0.29, 0.717) is 6.42 Å². The van der Waals surface area contributed by atoms with E-state index in [1.807, 2.05) is 42.2 Å². The van der Waals surface area contributed by atoms with Crippen molar-refractivity contribution in [2.45, 2.75) is 38.6 Å². The molecule has 0 spiro atoms. The second-order valence-corrected chi connectivity index (χ2v) is 7.69. The Balaban J connectivity index is 1.61. The molecular formula is C25H30N2O3. The number of hydrogen-bond acceptors (Lipinski definition) is 3. The third-order valence-electron chi connectivity index (χ3n) is 5.64. The molecule has 2 aromatic carbocycles. The summed E-state index contributed by atoms with van der Waals surface area (Å²) in [5.74, 6) is -0.840. The first-order chi connectivity index (χ1) is 14.6. The highest BCUT2D eigenvalue weighted by Gasteiger charge is 2.28. The monoisotopic (exact) mass is 406 g/mol. The number of hydrogen-bond donors (Lipinski definition) is 1. The summed E-state index contributed by atoms with van der Waals surface area (Å²) in [6.45, 7) is 4.92. The number of carboxylic acids is 1. The molecule has 1 N–H and O–H groups in total. The van der Waals surface area contributed by atoms with Crippen LogP contribution in [-0.4, -0.2) is 47.6 Å². The van der Waals surface area contributed by atoms with Crippen molar-refractivity contribution >= 4 is 23.6 Å². The predicted molar refractivity (Wildman–Crippen MR) is 120 cm³/mol. The van der Waals surface area contributed by atoms with E-state index in [-0.39, 0.29) is 11.9 Å². The van der Waals surface area contributed by atoms with Crippen molar-refractivity contribution in [2.75, 3.05) is 24.5 Å². The summed E-state index contributed by atoms with van der Waals surface area (Å²) >= 11 is 0. The van der Waals surface area contributed by atoms with E-state index in [2.05, 4.69) is 29.2 Å². The summed E-state index contributed by atoms with van der Waals surface area (Å²) in [4.78, 5) is 27.8. The number of benzene rings is 2. The maximum Gasteiger partial charge on any atom is 0.328 e. The number of nitrogens with zero attached hydrogens (tertiary/aromatic N) is 2. The number of aliphatic carboxylic acids is 1. The van der Waals surface area contributed by atoms with Crippen LogP contribution in [0.25, 0.3) is 6.08 Å². The van der Waals surface area contributed by atoms with Gasteiger partial charge in [0.05, 0.1) is 0 Å². The minimum absolute atomic E-state index is 0.131. The van der Waals surface area contributed by atoms with Crippen LogP contribution in [0.4, 0.5) is 5.69 Å². The zero-order valence-electron chi connectivity index (χ0n) is 17.5. The molecular weight excluding hydrogens is 376 g/mol. The van der Waals surface area contributed by atoms with Crippen LogP contribution in [0.5, 0.6) is 0 Å². The van der Waals surface area contributed by atoms with E-state index in [4.69, 9.17) is 5.11 Å². The fraction of sp³-hybridized carbons (Fsp3) is 0.360. The molecule has 0 unspecified atom stereocenters. The van der Waals surface area contributed by atoms with E-state index < -0.39 is 5.97 Å². The van der Waals surface area contributed by atoms with Crippen LogP contribution in [0.15, 0.2) is 60.7 Å². The molecule has 1 aliphatic rings. The number of anilines is 1. The van der Waals surface area contributed by atoms with Crippen LogP contribution in [0.2, 0.25) is 0 Å². The number of carboxylic acid groups (broad SMARTS) is 1. The summed E-state index contributed by atoms with van der Waals surface area (Å²) < 4.78 is 0. The van der Waals surface area contributed by atoms with Crippen molar-refractivity contribution < 1.29 is 14.7 Å². The molecule has 158 valence electrons. The van der Waals surface area contributed by atoms with E-state index in [0.717, 1.165) is 56.2 Å². The van der Waals surface area contributed by atoms with Gasteiger partial charge in [0.1, 0.15) is 0 Å². The molecule has 30 heavy (non-hydrogen) atoms. The zero-order valence-corrected chi connectivity index (χ0v) is 17.5. The third-order valence-corrected chi connectivity index (χ3v) is 5.64. The predicted octanol–water partition coefficient (Wildman–Crippen LogP) is 4.23. The number of piperidine rings is 1. The molecule has 0 saturated carbocycles. The van der Waals surface area contributed by atoms with E-state index in [1.165, 1.54) is 5.56 Å². The summed E-state index contributed by atoms with van der Waals surface area (Å²) in [5.41, 5.74) is 3.05. The van der Waals surface area contributed by atoms with Gasteiger partial charge in [0.2, 0.25) is 5.91 Å². The molecule has 2 aromatic rings. The standard InChI is InChI=1S/C25H30N2O3/c1-2-24(28)27(22-11-8-21(9-12-22)10-13-25(29)30)23-15-18-26(19-16-23)17-14-20-6-4-3-5-7-20/h3-13,23H,2,14-19H2,1H3,(H,29,30)/b13-10+. The first-order valence-electron chi connectivity index (χ1n) is 10.7. The number of amides is 1. The molecule has 0 bridgehead atoms. The fourth-order valence-electron chi connectivity index (χ4n) is 3.98. The van der Waals surface area contributed by atoms with E-state index in [9.17, 15) is 9.59 Å². The lowest BCUT2D eigenvalue weighted by Crippen LogP contribution is -2.47. The molecule has 3 rings (SSSR count). The molecule has 1 amide bonds. The van der Waals surface area contributed by atoms with Gasteiger partial charge in [-0.1, -0.05) is 49.4 Å². The van der Waals surface area contributed by atoms with Crippen LogP contribution < -0.4 is 4.90 Å². The van der Waals surface area contributed by atoms with Gasteiger partial charge in [-0.2, -0.15) is 0 Å². The molecule has 1 saturated heterocycles. The number of rotatable bonds is 8. The van der Waals surface area contributed by atoms with Crippen molar-refractivity contribution in [3.8, 4) is 0 Å². The first-order valence-corrected chi connectivity index (χ1v) is 10.7. The SMILES string of the molecule is CCC(=O)N(c1ccc(/C=C/C(=O)O)cc1)C1CCN(CCc2ccccc2)CC1. The average molecular weight is 407 g/mol. The smallest absolute Gasteiger partial charge is 0.328 e. The van der Waals surface area contributed by atoms with Gasteiger partial charge < -0.3 is 14.9 Å². The molecule has 1 heterocycles. The lowest BCUT2D eigenvalue weighted by molar-refractivity contribution is -0.131. The Morgan fingerprint density at radius 1 is 1.07 bits per heavy atom. The Bertz CT molecular complexity index is 854. The van der Waals surface area contributed by atoms with Gasteiger partial charge in [-0.15, -0.1) is 0 Å². The van der Waals surface area contributed by atoms with E-state index in [1.54, 1.807) is 6.08 Å². The Morgan fingerprint density at radius 3 is 2.33 bits per heavy atom. The number of likely N-dealkylation sites (tertiary alicyclic amines) is 1. The summed E-state index contributed by atoms with van der Waals surface area (Å²) in [5, 5.41) is 8.77. The van der Waals surface area contributed by atoms with Gasteiger partial charge in [0, 0.05) is 43.9 Å². The fourth-order valence-corrected chi connectivity index (χ4v) is 3.98. The Hall–Kier alpha value is -2.92. The largest absolute Gasteiger partial charge is 0.478 e. The Labute approximate surface area is 178 Å². The topological polar surface area (TPSA) is 60.9 Å². The minimum Gasteiger partial charge on any atom is -0.478 e. The molecule has 0 aromatic heterocycles. The molecule has 0 atom stereocenters. The lowest BCUT2D eigenvalue weighted by atomic mass is 10.0. The lowest BCUT2D eigenvalue weighted by Gasteiger charge is -2.38. The molecule has 5 nitrogen and oxygen atoms in total. The molecule has 1 aliphatic heterocycles. The van der Waals surface area contributed by atoms with Crippen molar-refractivity contribution in [2.24, 2.45) is 0 Å². The van der Waals surface area contributed by atoms with E-state index >= 15 is 0 Å². The zero-order chi connectivity index (χ0) is 21.3. The van der Waals surface area contributed by atoms with Crippen molar-refractivity contribution in [3.63, 3.8) is 0 Å². The van der Waals surface area contributed by atoms with Gasteiger partial charge in [0.25, 0.3) is 0 Å². The maximum absolute atomic E-state index is 12.7.